The number of anilines is 4. The van der Waals surface area contributed by atoms with Gasteiger partial charge in [0.2, 0.25) is 0 Å². The largest absolute Gasteiger partial charge is 0.509 e. The zero-order chi connectivity index (χ0) is 42.6. The molecule has 316 valence electrons. The number of ether oxygens (including phenoxy) is 1. The molecule has 13 rings (SSSR count). The van der Waals surface area contributed by atoms with Gasteiger partial charge in [-0.15, -0.1) is 48.1 Å². The van der Waals surface area contributed by atoms with Crippen LogP contribution in [0.15, 0.2) is 176 Å². The first-order valence-electron chi connectivity index (χ1n) is 21.6. The monoisotopic (exact) mass is 1020 g/mol. The number of aryl methyl sites for hydroxylation is 3. The molecule has 65 heavy (non-hydrogen) atoms. The van der Waals surface area contributed by atoms with E-state index < -0.39 is 0 Å². The summed E-state index contributed by atoms with van der Waals surface area (Å²) in [6.45, 7) is 4.35. The van der Waals surface area contributed by atoms with Crippen LogP contribution in [0.4, 0.5) is 22.7 Å². The zero-order valence-corrected chi connectivity index (χ0v) is 38.0. The molecule has 7 nitrogen and oxygen atoms in total. The number of hydrogen-bond donors (Lipinski definition) is 0. The maximum Gasteiger partial charge on any atom is 0.135 e. The van der Waals surface area contributed by atoms with Crippen molar-refractivity contribution in [2.75, 3.05) is 9.80 Å². The minimum absolute atomic E-state index is 0. The fourth-order valence-electron chi connectivity index (χ4n) is 10.2. The predicted octanol–water partition coefficient (Wildman–Crippen LogP) is 14.2. The van der Waals surface area contributed by atoms with Gasteiger partial charge in [0.1, 0.15) is 5.82 Å². The van der Waals surface area contributed by atoms with Crippen LogP contribution in [0.2, 0.25) is 0 Å². The van der Waals surface area contributed by atoms with Gasteiger partial charge in [-0.3, -0.25) is 0 Å². The molecule has 8 aromatic carbocycles. The predicted molar refractivity (Wildman–Crippen MR) is 262 cm³/mol. The van der Waals surface area contributed by atoms with Crippen molar-refractivity contribution >= 4 is 88.2 Å². The van der Waals surface area contributed by atoms with E-state index in [9.17, 15) is 0 Å². The topological polar surface area (TPSA) is 43.4 Å². The third-order valence-corrected chi connectivity index (χ3v) is 13.1. The molecule has 0 bridgehead atoms. The number of benzene rings is 8. The second-order valence-electron chi connectivity index (χ2n) is 16.7. The second kappa shape index (κ2) is 15.0. The van der Waals surface area contributed by atoms with Crippen LogP contribution in [-0.4, -0.2) is 18.7 Å². The number of pyridine rings is 1. The van der Waals surface area contributed by atoms with Crippen LogP contribution >= 0.6 is 0 Å². The van der Waals surface area contributed by atoms with Crippen LogP contribution in [0.5, 0.6) is 11.5 Å². The molecule has 12 aromatic rings. The van der Waals surface area contributed by atoms with E-state index in [1.54, 1.807) is 0 Å². The van der Waals surface area contributed by atoms with Gasteiger partial charge in [0.15, 0.2) is 0 Å². The molecule has 0 atom stereocenters. The third kappa shape index (κ3) is 5.89. The van der Waals surface area contributed by atoms with Crippen molar-refractivity contribution in [2.24, 2.45) is 14.1 Å². The van der Waals surface area contributed by atoms with E-state index in [2.05, 4.69) is 209 Å². The maximum atomic E-state index is 6.68. The van der Waals surface area contributed by atoms with Crippen molar-refractivity contribution in [3.05, 3.63) is 200 Å². The minimum Gasteiger partial charge on any atom is -0.509 e. The molecule has 0 N–H and O–H groups in total. The molecule has 1 aliphatic rings. The Kier molecular flexibility index (Phi) is 9.01. The number of aromatic nitrogens is 4. The Bertz CT molecular complexity index is 3770. The van der Waals surface area contributed by atoms with Crippen LogP contribution in [0.1, 0.15) is 5.56 Å². The van der Waals surface area contributed by atoms with Gasteiger partial charge in [-0.05, 0) is 65.9 Å². The summed E-state index contributed by atoms with van der Waals surface area (Å²) in [4.78, 5) is 9.60. The van der Waals surface area contributed by atoms with Gasteiger partial charge in [0.25, 0.3) is 0 Å². The SMILES string of the molecule is Cc1cc(-n2c3[c-]c(Oc4[c-]c(N5[CH-]N(c6c7c(cc8c9ccccc9n(C)c68)c6ccccc6n7C)c6ccccc65)ccc4)ccc3c3ccccc32)ncc1-c1ccccc1.[Pt]. The van der Waals surface area contributed by atoms with Gasteiger partial charge in [-0.1, -0.05) is 103 Å². The van der Waals surface area contributed by atoms with Crippen molar-refractivity contribution in [3.63, 3.8) is 0 Å². The summed E-state index contributed by atoms with van der Waals surface area (Å²) in [7, 11) is 4.37. The first kappa shape index (κ1) is 39.0. The fraction of sp³-hybridized carbons (Fsp3) is 0.0526. The van der Waals surface area contributed by atoms with Gasteiger partial charge in [-0.2, -0.15) is 12.1 Å². The van der Waals surface area contributed by atoms with Crippen LogP contribution in [0, 0.1) is 25.7 Å². The average Bonchev–Trinajstić information content (AvgIpc) is 4.05. The maximum absolute atomic E-state index is 6.68. The summed E-state index contributed by atoms with van der Waals surface area (Å²) in [6, 6.07) is 66.9. The Balaban J connectivity index is 0.00000444. The van der Waals surface area contributed by atoms with E-state index in [4.69, 9.17) is 9.72 Å². The van der Waals surface area contributed by atoms with Crippen molar-refractivity contribution in [3.8, 4) is 28.4 Å². The number of rotatable bonds is 6. The Labute approximate surface area is 390 Å². The standard InChI is InChI=1S/C57H39N6O.Pt/c1-36-30-54(58-34-47(36)37-16-5-4-6-17-37)63-50-25-12-9-20-41(50)44-29-28-40(32-53(44)63)64-39-19-15-18-38(31-39)61-35-62(52-27-14-13-26-51(52)61)57-55-45(42-21-7-10-23-48(42)59(55)2)33-46-43-22-8-11-24-49(43)60(3)56(46)57;/h4-30,33-35H,1-3H3;/q-3;. The molecular weight excluding hydrogens is 980 g/mol. The molecule has 0 fully saturated rings. The normalized spacial score (nSPS) is 12.6. The summed E-state index contributed by atoms with van der Waals surface area (Å²) in [6.07, 6.45) is 1.98. The number of hydrogen-bond acceptors (Lipinski definition) is 4. The van der Waals surface area contributed by atoms with Crippen molar-refractivity contribution in [1.82, 2.24) is 18.7 Å². The third-order valence-electron chi connectivity index (χ3n) is 13.1. The first-order valence-corrected chi connectivity index (χ1v) is 21.6. The Morgan fingerprint density at radius 1 is 0.523 bits per heavy atom. The van der Waals surface area contributed by atoms with Gasteiger partial charge >= 0.3 is 0 Å². The summed E-state index contributed by atoms with van der Waals surface area (Å²) >= 11 is 0. The molecule has 8 heteroatoms. The Morgan fingerprint density at radius 2 is 1.11 bits per heavy atom. The van der Waals surface area contributed by atoms with Gasteiger partial charge in [0, 0.05) is 108 Å². The van der Waals surface area contributed by atoms with Gasteiger partial charge in [0.05, 0.1) is 16.7 Å². The molecule has 0 saturated heterocycles. The van der Waals surface area contributed by atoms with Crippen LogP contribution < -0.4 is 14.5 Å². The van der Waals surface area contributed by atoms with Gasteiger partial charge in [-0.25, -0.2) is 4.98 Å². The van der Waals surface area contributed by atoms with Crippen molar-refractivity contribution in [1.29, 1.82) is 0 Å². The minimum atomic E-state index is 0. The van der Waals surface area contributed by atoms with Gasteiger partial charge < -0.3 is 28.2 Å². The van der Waals surface area contributed by atoms with E-state index >= 15 is 0 Å². The van der Waals surface area contributed by atoms with Crippen LogP contribution in [0.25, 0.3) is 82.4 Å². The molecule has 4 aromatic heterocycles. The van der Waals surface area contributed by atoms with Crippen LogP contribution in [0.3, 0.4) is 0 Å². The molecule has 0 radical (unpaired) electrons. The second-order valence-corrected chi connectivity index (χ2v) is 16.7. The smallest absolute Gasteiger partial charge is 0.135 e. The molecule has 0 aliphatic carbocycles. The van der Waals surface area contributed by atoms with Crippen LogP contribution in [-0.2, 0) is 35.2 Å². The van der Waals surface area contributed by atoms with Crippen molar-refractivity contribution in [2.45, 2.75) is 6.92 Å². The Morgan fingerprint density at radius 3 is 1.78 bits per heavy atom. The summed E-state index contributed by atoms with van der Waals surface area (Å²) in [5.41, 5.74) is 14.2. The molecule has 0 spiro atoms. The quantitative estimate of drug-likeness (QED) is 0.156. The molecule has 1 aliphatic heterocycles. The summed E-state index contributed by atoms with van der Waals surface area (Å²) in [5, 5.41) is 7.14. The van der Waals surface area contributed by atoms with E-state index in [0.29, 0.717) is 11.5 Å². The van der Waals surface area contributed by atoms with E-state index in [-0.39, 0.29) is 21.1 Å². The molecule has 5 heterocycles. The average molecular weight is 1020 g/mol. The molecular formula is C57H39N6OPt-3. The Hall–Kier alpha value is -7.60. The first-order chi connectivity index (χ1) is 31.5. The zero-order valence-electron chi connectivity index (χ0n) is 35.7. The number of nitrogens with zero attached hydrogens (tertiary/aromatic N) is 6. The number of para-hydroxylation sites is 5. The van der Waals surface area contributed by atoms with E-state index in [1.807, 2.05) is 30.5 Å². The van der Waals surface area contributed by atoms with E-state index in [1.165, 1.54) is 43.6 Å². The fourth-order valence-corrected chi connectivity index (χ4v) is 10.2. The molecule has 0 saturated carbocycles. The molecule has 0 amide bonds. The molecule has 0 unspecified atom stereocenters. The summed E-state index contributed by atoms with van der Waals surface area (Å²) in [5.74, 6) is 2.02. The summed E-state index contributed by atoms with van der Waals surface area (Å²) < 4.78 is 13.6. The van der Waals surface area contributed by atoms with E-state index in [0.717, 1.165) is 67.1 Å². The van der Waals surface area contributed by atoms with Crippen molar-refractivity contribution < 1.29 is 25.8 Å². The number of fused-ring (bicyclic) bond motifs is 10.